The van der Waals surface area contributed by atoms with Crippen LogP contribution in [0.25, 0.3) is 11.3 Å². The van der Waals surface area contributed by atoms with Gasteiger partial charge in [0.05, 0.1) is 12.2 Å². The molecular weight excluding hydrogens is 308 g/mol. The highest BCUT2D eigenvalue weighted by atomic mass is 16.1. The molecular formula is C22H18N2O. The second-order valence-corrected chi connectivity index (χ2v) is 6.28. The predicted molar refractivity (Wildman–Crippen MR) is 99.8 cm³/mol. The normalized spacial score (nSPS) is 12.2. The molecule has 122 valence electrons. The minimum absolute atomic E-state index is 0.178. The molecule has 25 heavy (non-hydrogen) atoms. The molecule has 3 aromatic rings. The summed E-state index contributed by atoms with van der Waals surface area (Å²) < 4.78 is 0. The van der Waals surface area contributed by atoms with E-state index in [0.717, 1.165) is 34.6 Å². The first kappa shape index (κ1) is 15.5. The molecule has 3 nitrogen and oxygen atoms in total. The Morgan fingerprint density at radius 3 is 2.68 bits per heavy atom. The summed E-state index contributed by atoms with van der Waals surface area (Å²) in [7, 11) is 0. The molecule has 0 aliphatic carbocycles. The summed E-state index contributed by atoms with van der Waals surface area (Å²) in [6.07, 6.45) is 2.71. The van der Waals surface area contributed by atoms with Crippen molar-refractivity contribution in [2.75, 3.05) is 0 Å². The molecule has 1 aromatic heterocycles. The lowest BCUT2D eigenvalue weighted by Gasteiger charge is -2.06. The molecule has 1 aliphatic heterocycles. The van der Waals surface area contributed by atoms with Gasteiger partial charge in [-0.1, -0.05) is 48.5 Å². The van der Waals surface area contributed by atoms with Crippen LogP contribution in [-0.4, -0.2) is 17.0 Å². The lowest BCUT2D eigenvalue weighted by molar-refractivity contribution is -0.117. The summed E-state index contributed by atoms with van der Waals surface area (Å²) in [5, 5.41) is 0. The van der Waals surface area contributed by atoms with Crippen LogP contribution in [0.2, 0.25) is 0 Å². The first-order chi connectivity index (χ1) is 12.3. The zero-order chi connectivity index (χ0) is 17.1. The Morgan fingerprint density at radius 1 is 0.920 bits per heavy atom. The van der Waals surface area contributed by atoms with Crippen LogP contribution < -0.4 is 0 Å². The average Bonchev–Trinajstić information content (AvgIpc) is 3.10. The van der Waals surface area contributed by atoms with Crippen molar-refractivity contribution in [1.82, 2.24) is 4.98 Å². The van der Waals surface area contributed by atoms with E-state index in [4.69, 9.17) is 0 Å². The second-order valence-electron chi connectivity index (χ2n) is 6.28. The minimum Gasteiger partial charge on any atom is -0.299 e. The van der Waals surface area contributed by atoms with Gasteiger partial charge in [-0.05, 0) is 34.9 Å². The summed E-state index contributed by atoms with van der Waals surface area (Å²) in [5.74, 6) is 0.178. The molecule has 0 fully saturated rings. The number of fused-ring (bicyclic) bond motifs is 1. The lowest BCUT2D eigenvalue weighted by Crippen LogP contribution is -2.08. The molecule has 0 spiro atoms. The Hall–Kier alpha value is -3.07. The maximum atomic E-state index is 12.3. The van der Waals surface area contributed by atoms with Gasteiger partial charge in [0.15, 0.2) is 0 Å². The van der Waals surface area contributed by atoms with Gasteiger partial charge in [-0.15, -0.1) is 0 Å². The quantitative estimate of drug-likeness (QED) is 0.710. The molecule has 1 aliphatic rings. The van der Waals surface area contributed by atoms with Crippen molar-refractivity contribution in [1.29, 1.82) is 0 Å². The average molecular weight is 326 g/mol. The number of aliphatic imine (C=N–C) groups is 1. The highest BCUT2D eigenvalue weighted by Gasteiger charge is 2.10. The van der Waals surface area contributed by atoms with E-state index in [2.05, 4.69) is 28.2 Å². The van der Waals surface area contributed by atoms with E-state index in [1.54, 1.807) is 0 Å². The van der Waals surface area contributed by atoms with Crippen LogP contribution in [0.3, 0.4) is 0 Å². The fourth-order valence-electron chi connectivity index (χ4n) is 3.09. The summed E-state index contributed by atoms with van der Waals surface area (Å²) in [6.45, 7) is 0.761. The fourth-order valence-corrected chi connectivity index (χ4v) is 3.09. The van der Waals surface area contributed by atoms with Crippen LogP contribution in [-0.2, 0) is 24.2 Å². The van der Waals surface area contributed by atoms with Crippen molar-refractivity contribution in [3.8, 4) is 11.3 Å². The number of carbonyl (C=O) groups excluding carboxylic acids is 1. The van der Waals surface area contributed by atoms with E-state index in [-0.39, 0.29) is 5.78 Å². The number of ketones is 1. The number of hydrogen-bond donors (Lipinski definition) is 0. The van der Waals surface area contributed by atoms with Crippen LogP contribution >= 0.6 is 0 Å². The zero-order valence-corrected chi connectivity index (χ0v) is 13.9. The molecule has 0 saturated carbocycles. The van der Waals surface area contributed by atoms with Gasteiger partial charge in [0.1, 0.15) is 5.78 Å². The van der Waals surface area contributed by atoms with E-state index in [9.17, 15) is 4.79 Å². The maximum absolute atomic E-state index is 12.3. The SMILES string of the molecule is O=C(Cc1ccccc1)Cc1cccc(-c2ccc3c(c2)C=NC3)n1. The van der Waals surface area contributed by atoms with Crippen molar-refractivity contribution in [2.24, 2.45) is 4.99 Å². The van der Waals surface area contributed by atoms with E-state index >= 15 is 0 Å². The Morgan fingerprint density at radius 2 is 1.80 bits per heavy atom. The monoisotopic (exact) mass is 326 g/mol. The summed E-state index contributed by atoms with van der Waals surface area (Å²) >= 11 is 0. The summed E-state index contributed by atoms with van der Waals surface area (Å²) in [4.78, 5) is 21.3. The highest BCUT2D eigenvalue weighted by Crippen LogP contribution is 2.23. The predicted octanol–water partition coefficient (Wildman–Crippen LogP) is 4.04. The molecule has 0 atom stereocenters. The van der Waals surface area contributed by atoms with Crippen molar-refractivity contribution in [3.05, 3.63) is 89.1 Å². The van der Waals surface area contributed by atoms with Crippen molar-refractivity contribution >= 4 is 12.0 Å². The number of pyridine rings is 1. The number of carbonyl (C=O) groups is 1. The first-order valence-electron chi connectivity index (χ1n) is 8.42. The van der Waals surface area contributed by atoms with Gasteiger partial charge in [0.2, 0.25) is 0 Å². The Labute approximate surface area is 147 Å². The molecule has 0 unspecified atom stereocenters. The van der Waals surface area contributed by atoms with Gasteiger partial charge in [-0.3, -0.25) is 14.8 Å². The Bertz CT molecular complexity index is 945. The third-order valence-electron chi connectivity index (χ3n) is 4.36. The van der Waals surface area contributed by atoms with Gasteiger partial charge < -0.3 is 0 Å². The van der Waals surface area contributed by atoms with Crippen LogP contribution in [0.15, 0.2) is 71.7 Å². The molecule has 4 rings (SSSR count). The highest BCUT2D eigenvalue weighted by molar-refractivity contribution is 5.86. The lowest BCUT2D eigenvalue weighted by atomic mass is 10.0. The Balaban J connectivity index is 1.51. The zero-order valence-electron chi connectivity index (χ0n) is 13.9. The number of Topliss-reactive ketones (excluding diaryl/α,β-unsaturated/α-hetero) is 1. The van der Waals surface area contributed by atoms with E-state index in [1.807, 2.05) is 54.7 Å². The standard InChI is InChI=1S/C22H18N2O/c25-21(11-16-5-2-1-3-6-16)13-20-7-4-8-22(24-20)17-9-10-18-14-23-15-19(18)12-17/h1-10,12,15H,11,13-14H2. The van der Waals surface area contributed by atoms with E-state index in [1.165, 1.54) is 5.56 Å². The number of nitrogens with zero attached hydrogens (tertiary/aromatic N) is 2. The number of rotatable bonds is 5. The number of hydrogen-bond acceptors (Lipinski definition) is 3. The van der Waals surface area contributed by atoms with Gasteiger partial charge >= 0.3 is 0 Å². The largest absolute Gasteiger partial charge is 0.299 e. The van der Waals surface area contributed by atoms with Crippen LogP contribution in [0.1, 0.15) is 22.4 Å². The first-order valence-corrected chi connectivity index (χ1v) is 8.42. The number of aromatic nitrogens is 1. The smallest absolute Gasteiger partial charge is 0.143 e. The van der Waals surface area contributed by atoms with E-state index < -0.39 is 0 Å². The summed E-state index contributed by atoms with van der Waals surface area (Å²) in [6, 6.07) is 22.0. The number of benzene rings is 2. The molecule has 0 bridgehead atoms. The second kappa shape index (κ2) is 6.81. The maximum Gasteiger partial charge on any atom is 0.143 e. The van der Waals surface area contributed by atoms with E-state index in [0.29, 0.717) is 12.8 Å². The van der Waals surface area contributed by atoms with Gasteiger partial charge in [-0.25, -0.2) is 0 Å². The van der Waals surface area contributed by atoms with Crippen molar-refractivity contribution in [3.63, 3.8) is 0 Å². The van der Waals surface area contributed by atoms with Gasteiger partial charge in [0.25, 0.3) is 0 Å². The molecule has 0 amide bonds. The molecule has 0 radical (unpaired) electrons. The van der Waals surface area contributed by atoms with Gasteiger partial charge in [0, 0.05) is 30.3 Å². The minimum atomic E-state index is 0.178. The molecule has 3 heteroatoms. The fraction of sp³-hybridized carbons (Fsp3) is 0.136. The van der Waals surface area contributed by atoms with Crippen molar-refractivity contribution < 1.29 is 4.79 Å². The third-order valence-corrected chi connectivity index (χ3v) is 4.36. The van der Waals surface area contributed by atoms with Crippen LogP contribution in [0.4, 0.5) is 0 Å². The summed E-state index contributed by atoms with van der Waals surface area (Å²) in [5.41, 5.74) is 6.22. The topological polar surface area (TPSA) is 42.3 Å². The van der Waals surface area contributed by atoms with Crippen LogP contribution in [0.5, 0.6) is 0 Å². The molecule has 2 heterocycles. The molecule has 0 N–H and O–H groups in total. The van der Waals surface area contributed by atoms with Gasteiger partial charge in [-0.2, -0.15) is 0 Å². The Kier molecular flexibility index (Phi) is 4.21. The molecule has 2 aromatic carbocycles. The third kappa shape index (κ3) is 3.56. The molecule has 0 saturated heterocycles. The van der Waals surface area contributed by atoms with Crippen LogP contribution in [0, 0.1) is 0 Å². The van der Waals surface area contributed by atoms with Crippen molar-refractivity contribution in [2.45, 2.75) is 19.4 Å².